The summed E-state index contributed by atoms with van der Waals surface area (Å²) in [7, 11) is 0. The highest BCUT2D eigenvalue weighted by Crippen LogP contribution is 2.40. The van der Waals surface area contributed by atoms with E-state index in [0.717, 1.165) is 0 Å². The molecule has 3 heterocycles. The summed E-state index contributed by atoms with van der Waals surface area (Å²) < 4.78 is 28.1. The smallest absolute Gasteiger partial charge is 0.190 e. The minimum absolute atomic E-state index is 0.295. The van der Waals surface area contributed by atoms with Crippen molar-refractivity contribution in [3.05, 3.63) is 0 Å². The summed E-state index contributed by atoms with van der Waals surface area (Å²) in [5.74, 6) is -1.35. The Morgan fingerprint density at radius 1 is 0.944 bits per heavy atom. The number of ether oxygens (including phenoxy) is 5. The highest BCUT2D eigenvalue weighted by atomic mass is 16.8. The van der Waals surface area contributed by atoms with Crippen molar-refractivity contribution < 1.29 is 28.8 Å². The first-order chi connectivity index (χ1) is 8.27. The van der Waals surface area contributed by atoms with Gasteiger partial charge in [0, 0.05) is 0 Å². The van der Waals surface area contributed by atoms with E-state index in [2.05, 4.69) is 0 Å². The van der Waals surface area contributed by atoms with Crippen LogP contribution in [0, 0.1) is 0 Å². The number of fused-ring (bicyclic) bond motifs is 1. The zero-order valence-corrected chi connectivity index (χ0v) is 11.1. The highest BCUT2D eigenvalue weighted by Gasteiger charge is 2.57. The van der Waals surface area contributed by atoms with E-state index < -0.39 is 36.2 Å². The molecular formula is C12H20O6. The van der Waals surface area contributed by atoms with Crippen LogP contribution in [0.5, 0.6) is 0 Å². The monoisotopic (exact) mass is 260 g/mol. The second-order valence-corrected chi connectivity index (χ2v) is 5.93. The largest absolute Gasteiger partial charge is 0.387 e. The fraction of sp³-hybridized carbons (Fsp3) is 1.00. The molecule has 104 valence electrons. The van der Waals surface area contributed by atoms with Gasteiger partial charge < -0.3 is 28.8 Å². The van der Waals surface area contributed by atoms with Gasteiger partial charge in [-0.3, -0.25) is 0 Å². The molecule has 0 unspecified atom stereocenters. The maximum Gasteiger partial charge on any atom is 0.190 e. The molecule has 0 aromatic rings. The molecule has 5 atom stereocenters. The number of hydrogen-bond acceptors (Lipinski definition) is 6. The maximum atomic E-state index is 10.3. The zero-order chi connectivity index (χ0) is 13.1. The third-order valence-corrected chi connectivity index (χ3v) is 3.45. The first kappa shape index (κ1) is 12.8. The van der Waals surface area contributed by atoms with Gasteiger partial charge in [0.05, 0.1) is 6.61 Å². The predicted molar refractivity (Wildman–Crippen MR) is 59.6 cm³/mol. The van der Waals surface area contributed by atoms with E-state index in [9.17, 15) is 5.11 Å². The van der Waals surface area contributed by atoms with Crippen molar-refractivity contribution in [2.75, 3.05) is 6.61 Å². The van der Waals surface area contributed by atoms with Crippen LogP contribution in [0.2, 0.25) is 0 Å². The van der Waals surface area contributed by atoms with Gasteiger partial charge in [-0.05, 0) is 27.7 Å². The van der Waals surface area contributed by atoms with E-state index in [1.807, 2.05) is 13.8 Å². The van der Waals surface area contributed by atoms with Gasteiger partial charge >= 0.3 is 0 Å². The van der Waals surface area contributed by atoms with E-state index in [1.165, 1.54) is 0 Å². The molecule has 3 saturated heterocycles. The van der Waals surface area contributed by atoms with E-state index in [1.54, 1.807) is 13.8 Å². The van der Waals surface area contributed by atoms with Gasteiger partial charge in [0.2, 0.25) is 0 Å². The van der Waals surface area contributed by atoms with E-state index in [4.69, 9.17) is 23.7 Å². The second kappa shape index (κ2) is 3.88. The molecule has 0 aliphatic carbocycles. The third-order valence-electron chi connectivity index (χ3n) is 3.45. The first-order valence-corrected chi connectivity index (χ1v) is 6.28. The number of aliphatic hydroxyl groups excluding tert-OH is 1. The Bertz CT molecular complexity index is 341. The molecule has 0 aromatic carbocycles. The molecule has 0 saturated carbocycles. The molecule has 0 aromatic heterocycles. The number of rotatable bonds is 1. The molecule has 0 radical (unpaired) electrons. The Balaban J connectivity index is 1.68. The lowest BCUT2D eigenvalue weighted by Gasteiger charge is -2.26. The average molecular weight is 260 g/mol. The van der Waals surface area contributed by atoms with Crippen LogP contribution in [-0.4, -0.2) is 54.0 Å². The highest BCUT2D eigenvalue weighted by molar-refractivity contribution is 4.97. The van der Waals surface area contributed by atoms with Crippen molar-refractivity contribution >= 4 is 0 Å². The second-order valence-electron chi connectivity index (χ2n) is 5.93. The van der Waals surface area contributed by atoms with Gasteiger partial charge in [0.1, 0.15) is 24.4 Å². The molecule has 3 aliphatic heterocycles. The van der Waals surface area contributed by atoms with Crippen LogP contribution >= 0.6 is 0 Å². The summed E-state index contributed by atoms with van der Waals surface area (Å²) in [6.45, 7) is 7.68. The average Bonchev–Trinajstić information content (AvgIpc) is 2.81. The minimum Gasteiger partial charge on any atom is -0.387 e. The van der Waals surface area contributed by atoms with Crippen LogP contribution in [0.4, 0.5) is 0 Å². The Labute approximate surface area is 106 Å². The maximum absolute atomic E-state index is 10.3. The van der Waals surface area contributed by atoms with Crippen LogP contribution in [0.1, 0.15) is 27.7 Å². The van der Waals surface area contributed by atoms with Gasteiger partial charge in [0.15, 0.2) is 17.9 Å². The van der Waals surface area contributed by atoms with Crippen molar-refractivity contribution in [1.82, 2.24) is 0 Å². The molecule has 0 bridgehead atoms. The van der Waals surface area contributed by atoms with Crippen molar-refractivity contribution in [2.45, 2.75) is 70.0 Å². The molecule has 1 N–H and O–H groups in total. The van der Waals surface area contributed by atoms with E-state index in [-0.39, 0.29) is 6.10 Å². The summed E-state index contributed by atoms with van der Waals surface area (Å²) in [5.41, 5.74) is 0. The van der Waals surface area contributed by atoms with Crippen LogP contribution in [0.25, 0.3) is 0 Å². The molecule has 3 fully saturated rings. The topological polar surface area (TPSA) is 66.4 Å². The fourth-order valence-electron chi connectivity index (χ4n) is 2.70. The molecule has 3 rings (SSSR count). The summed E-state index contributed by atoms with van der Waals surface area (Å²) in [5, 5.41) is 10.3. The minimum atomic E-state index is -0.765. The Morgan fingerprint density at radius 2 is 1.67 bits per heavy atom. The van der Waals surface area contributed by atoms with Crippen LogP contribution < -0.4 is 0 Å². The number of hydrogen-bond donors (Lipinski definition) is 1. The Kier molecular flexibility index (Phi) is 2.75. The predicted octanol–water partition coefficient (Wildman–Crippen LogP) is 0.375. The molecule has 6 nitrogen and oxygen atoms in total. The van der Waals surface area contributed by atoms with E-state index in [0.29, 0.717) is 6.61 Å². The van der Waals surface area contributed by atoms with Gasteiger partial charge in [-0.15, -0.1) is 0 Å². The van der Waals surface area contributed by atoms with Crippen LogP contribution in [0.15, 0.2) is 0 Å². The summed E-state index contributed by atoms with van der Waals surface area (Å²) >= 11 is 0. The third kappa shape index (κ3) is 2.07. The van der Waals surface area contributed by atoms with Crippen molar-refractivity contribution in [2.24, 2.45) is 0 Å². The SMILES string of the molecule is CC1(C)O[C@@H]2O[C@H]([C@H]3COC(C)(C)O3)[C@@H](O)[C@H]2O1. The van der Waals surface area contributed by atoms with Crippen LogP contribution in [0.3, 0.4) is 0 Å². The van der Waals surface area contributed by atoms with Crippen molar-refractivity contribution in [1.29, 1.82) is 0 Å². The zero-order valence-electron chi connectivity index (χ0n) is 11.1. The summed E-state index contributed by atoms with van der Waals surface area (Å²) in [6, 6.07) is 0. The standard InChI is InChI=1S/C12H20O6/c1-11(2)14-5-6(16-11)8-7(13)9-10(15-8)18-12(3,4)17-9/h6-10,13H,5H2,1-4H3/t6-,7-,8-,9-,10+/m1/s1. The molecule has 18 heavy (non-hydrogen) atoms. The molecule has 6 heteroatoms. The molecule has 3 aliphatic rings. The lowest BCUT2D eigenvalue weighted by Crippen LogP contribution is -2.42. The Morgan fingerprint density at radius 3 is 2.22 bits per heavy atom. The molecule has 0 spiro atoms. The van der Waals surface area contributed by atoms with Gasteiger partial charge in [-0.25, -0.2) is 0 Å². The Hall–Kier alpha value is -0.240. The number of aliphatic hydroxyl groups is 1. The summed E-state index contributed by atoms with van der Waals surface area (Å²) in [6.07, 6.45) is -2.53. The quantitative estimate of drug-likeness (QED) is 0.735. The van der Waals surface area contributed by atoms with Gasteiger partial charge in [0.25, 0.3) is 0 Å². The van der Waals surface area contributed by atoms with Crippen LogP contribution in [-0.2, 0) is 23.7 Å². The lowest BCUT2D eigenvalue weighted by atomic mass is 10.1. The molecular weight excluding hydrogens is 240 g/mol. The van der Waals surface area contributed by atoms with E-state index >= 15 is 0 Å². The van der Waals surface area contributed by atoms with Gasteiger partial charge in [-0.1, -0.05) is 0 Å². The van der Waals surface area contributed by atoms with Crippen molar-refractivity contribution in [3.63, 3.8) is 0 Å². The normalized spacial score (nSPS) is 49.5. The first-order valence-electron chi connectivity index (χ1n) is 6.28. The fourth-order valence-corrected chi connectivity index (χ4v) is 2.70. The summed E-state index contributed by atoms with van der Waals surface area (Å²) in [4.78, 5) is 0. The molecule has 0 amide bonds. The van der Waals surface area contributed by atoms with Crippen molar-refractivity contribution in [3.8, 4) is 0 Å². The lowest BCUT2D eigenvalue weighted by molar-refractivity contribution is -0.232. The van der Waals surface area contributed by atoms with Gasteiger partial charge in [-0.2, -0.15) is 0 Å².